The number of Topliss-reactive ketones (excluding diaryl/α,β-unsaturated/α-hetero) is 1. The van der Waals surface area contributed by atoms with E-state index in [0.29, 0.717) is 0 Å². The highest BCUT2D eigenvalue weighted by Crippen LogP contribution is 2.17. The number of hydrogen-bond donors (Lipinski definition) is 1. The van der Waals surface area contributed by atoms with Crippen LogP contribution in [0.25, 0.3) is 0 Å². The third kappa shape index (κ3) is 8.43. The molecule has 24 heavy (non-hydrogen) atoms. The third-order valence-corrected chi connectivity index (χ3v) is 4.38. The van der Waals surface area contributed by atoms with Crippen LogP contribution in [0.1, 0.15) is 70.6 Å². The van der Waals surface area contributed by atoms with Crippen molar-refractivity contribution in [2.24, 2.45) is 5.10 Å². The zero-order valence-electron chi connectivity index (χ0n) is 15.1. The Hall–Kier alpha value is -1.43. The summed E-state index contributed by atoms with van der Waals surface area (Å²) in [7, 11) is 2.65. The highest BCUT2D eigenvalue weighted by Gasteiger charge is 2.22. The largest absolute Gasteiger partial charge is 0.464 e. The number of carbonyl (C=O) groups excluding carboxylic acids is 2. The molecular formula is C18H32N2O4. The van der Waals surface area contributed by atoms with Crippen LogP contribution in [0.5, 0.6) is 0 Å². The van der Waals surface area contributed by atoms with Crippen molar-refractivity contribution in [2.75, 3.05) is 20.8 Å². The Kier molecular flexibility index (Phi) is 11.1. The zero-order valence-corrected chi connectivity index (χ0v) is 15.1. The Balaban J connectivity index is 2.63. The van der Waals surface area contributed by atoms with Crippen LogP contribution in [0.3, 0.4) is 0 Å². The molecule has 0 heterocycles. The van der Waals surface area contributed by atoms with E-state index in [4.69, 9.17) is 4.74 Å². The Labute approximate surface area is 145 Å². The van der Waals surface area contributed by atoms with E-state index in [-0.39, 0.29) is 18.4 Å². The number of esters is 1. The number of carbonyl (C=O) groups is 2. The summed E-state index contributed by atoms with van der Waals surface area (Å²) < 4.78 is 9.44. The summed E-state index contributed by atoms with van der Waals surface area (Å²) in [4.78, 5) is 23.7. The molecule has 0 amide bonds. The van der Waals surface area contributed by atoms with Gasteiger partial charge in [0.05, 0.1) is 7.11 Å². The van der Waals surface area contributed by atoms with Gasteiger partial charge in [0.1, 0.15) is 6.61 Å². The molecule has 0 unspecified atom stereocenters. The molecule has 0 spiro atoms. The molecule has 0 aromatic heterocycles. The minimum Gasteiger partial charge on any atom is -0.464 e. The smallest absolute Gasteiger partial charge is 0.362 e. The van der Waals surface area contributed by atoms with Gasteiger partial charge >= 0.3 is 5.97 Å². The molecule has 138 valence electrons. The van der Waals surface area contributed by atoms with Gasteiger partial charge in [-0.2, -0.15) is 5.10 Å². The van der Waals surface area contributed by atoms with Crippen molar-refractivity contribution < 1.29 is 19.1 Å². The lowest BCUT2D eigenvalue weighted by atomic mass is 9.98. The predicted molar refractivity (Wildman–Crippen MR) is 94.0 cm³/mol. The van der Waals surface area contributed by atoms with Gasteiger partial charge < -0.3 is 14.9 Å². The monoisotopic (exact) mass is 340 g/mol. The maximum absolute atomic E-state index is 11.9. The second kappa shape index (κ2) is 12.9. The van der Waals surface area contributed by atoms with Crippen molar-refractivity contribution in [2.45, 2.75) is 76.7 Å². The number of ketones is 1. The number of hydrazone groups is 1. The third-order valence-electron chi connectivity index (χ3n) is 4.38. The van der Waals surface area contributed by atoms with Crippen LogP contribution in [-0.2, 0) is 19.1 Å². The maximum atomic E-state index is 11.9. The molecule has 0 aromatic carbocycles. The Morgan fingerprint density at radius 3 is 1.88 bits per heavy atom. The number of rotatable bonds is 6. The standard InChI is InChI=1S/C18H32N2O4/c1-23-14-16(21)17(18(22)24-2)20-19-15-12-10-8-6-4-3-5-7-9-11-13-15/h15,19H,3-14H2,1-2H3/b20-17+. The summed E-state index contributed by atoms with van der Waals surface area (Å²) in [6.07, 6.45) is 13.4. The fourth-order valence-electron chi connectivity index (χ4n) is 2.97. The Morgan fingerprint density at radius 2 is 1.42 bits per heavy atom. The number of nitrogens with one attached hydrogen (secondary N) is 1. The van der Waals surface area contributed by atoms with Crippen LogP contribution in [0.4, 0.5) is 0 Å². The van der Waals surface area contributed by atoms with Crippen LogP contribution in [0.15, 0.2) is 5.10 Å². The number of hydrogen-bond acceptors (Lipinski definition) is 6. The normalized spacial score (nSPS) is 19.0. The Morgan fingerprint density at radius 1 is 0.917 bits per heavy atom. The number of methoxy groups -OCH3 is 2. The lowest BCUT2D eigenvalue weighted by molar-refractivity contribution is -0.133. The first kappa shape index (κ1) is 20.6. The molecule has 6 nitrogen and oxygen atoms in total. The SMILES string of the molecule is COCC(=O)/C(=N\NC1CCCCCCCCCCC1)C(=O)OC. The minimum absolute atomic E-state index is 0.180. The van der Waals surface area contributed by atoms with E-state index < -0.39 is 11.8 Å². The van der Waals surface area contributed by atoms with Crippen molar-refractivity contribution in [3.63, 3.8) is 0 Å². The summed E-state index contributed by atoms with van der Waals surface area (Å²) >= 11 is 0. The maximum Gasteiger partial charge on any atom is 0.362 e. The molecule has 1 N–H and O–H groups in total. The van der Waals surface area contributed by atoms with Gasteiger partial charge in [0.15, 0.2) is 0 Å². The van der Waals surface area contributed by atoms with Crippen LogP contribution in [-0.4, -0.2) is 44.3 Å². The van der Waals surface area contributed by atoms with E-state index in [0.717, 1.165) is 25.7 Å². The first-order chi connectivity index (χ1) is 11.7. The summed E-state index contributed by atoms with van der Waals surface area (Å²) in [5, 5.41) is 4.07. The fourth-order valence-corrected chi connectivity index (χ4v) is 2.97. The average Bonchev–Trinajstić information content (AvgIpc) is 2.56. The predicted octanol–water partition coefficient (Wildman–Crippen LogP) is 2.99. The quantitative estimate of drug-likeness (QED) is 0.348. The van der Waals surface area contributed by atoms with Crippen molar-refractivity contribution in [1.82, 2.24) is 5.43 Å². The van der Waals surface area contributed by atoms with Crippen LogP contribution < -0.4 is 5.43 Å². The number of nitrogens with zero attached hydrogens (tertiary/aromatic N) is 1. The summed E-state index contributed by atoms with van der Waals surface area (Å²) in [5.41, 5.74) is 2.82. The molecule has 1 rings (SSSR count). The van der Waals surface area contributed by atoms with E-state index in [2.05, 4.69) is 15.3 Å². The molecule has 1 saturated carbocycles. The van der Waals surface area contributed by atoms with Crippen molar-refractivity contribution >= 4 is 17.5 Å². The van der Waals surface area contributed by atoms with Crippen molar-refractivity contribution in [3.05, 3.63) is 0 Å². The second-order valence-electron chi connectivity index (χ2n) is 6.39. The van der Waals surface area contributed by atoms with Gasteiger partial charge in [0.2, 0.25) is 11.5 Å². The molecule has 1 fully saturated rings. The summed E-state index contributed by atoms with van der Waals surface area (Å²) in [5.74, 6) is -1.19. The summed E-state index contributed by atoms with van der Waals surface area (Å²) in [6.45, 7) is -0.180. The van der Waals surface area contributed by atoms with Crippen molar-refractivity contribution in [3.8, 4) is 0 Å². The van der Waals surface area contributed by atoms with Gasteiger partial charge in [0, 0.05) is 13.2 Å². The minimum atomic E-state index is -0.724. The molecule has 0 radical (unpaired) electrons. The van der Waals surface area contributed by atoms with E-state index in [1.165, 1.54) is 59.2 Å². The molecule has 0 bridgehead atoms. The molecule has 0 saturated heterocycles. The van der Waals surface area contributed by atoms with Gasteiger partial charge in [0.25, 0.3) is 0 Å². The molecular weight excluding hydrogens is 308 g/mol. The van der Waals surface area contributed by atoms with E-state index >= 15 is 0 Å². The topological polar surface area (TPSA) is 77.0 Å². The van der Waals surface area contributed by atoms with E-state index in [1.807, 2.05) is 0 Å². The molecule has 6 heteroatoms. The highest BCUT2D eigenvalue weighted by molar-refractivity contribution is 6.64. The summed E-state index contributed by atoms with van der Waals surface area (Å²) in [6, 6.07) is 0.194. The lowest BCUT2D eigenvalue weighted by Gasteiger charge is -2.18. The molecule has 0 aromatic rings. The molecule has 1 aliphatic carbocycles. The Bertz CT molecular complexity index is 398. The zero-order chi connectivity index (χ0) is 17.6. The van der Waals surface area contributed by atoms with Gasteiger partial charge in [-0.3, -0.25) is 4.79 Å². The van der Waals surface area contributed by atoms with E-state index in [9.17, 15) is 9.59 Å². The van der Waals surface area contributed by atoms with Gasteiger partial charge in [-0.05, 0) is 12.8 Å². The first-order valence-corrected chi connectivity index (χ1v) is 9.12. The molecule has 0 atom stereocenters. The van der Waals surface area contributed by atoms with Crippen molar-refractivity contribution in [1.29, 1.82) is 0 Å². The average molecular weight is 340 g/mol. The highest BCUT2D eigenvalue weighted by atomic mass is 16.5. The fraction of sp³-hybridized carbons (Fsp3) is 0.833. The first-order valence-electron chi connectivity index (χ1n) is 9.12. The molecule has 0 aliphatic heterocycles. The number of ether oxygens (including phenoxy) is 2. The lowest BCUT2D eigenvalue weighted by Crippen LogP contribution is -2.33. The van der Waals surface area contributed by atoms with Gasteiger partial charge in [-0.15, -0.1) is 0 Å². The van der Waals surface area contributed by atoms with Crippen LogP contribution in [0, 0.1) is 0 Å². The molecule has 1 aliphatic rings. The van der Waals surface area contributed by atoms with Crippen LogP contribution in [0.2, 0.25) is 0 Å². The second-order valence-corrected chi connectivity index (χ2v) is 6.39. The van der Waals surface area contributed by atoms with Gasteiger partial charge in [-0.1, -0.05) is 57.8 Å². The van der Waals surface area contributed by atoms with E-state index in [1.54, 1.807) is 0 Å². The van der Waals surface area contributed by atoms with Crippen LogP contribution >= 0.6 is 0 Å². The van der Waals surface area contributed by atoms with Gasteiger partial charge in [-0.25, -0.2) is 4.79 Å².